The quantitative estimate of drug-likeness (QED) is 0.285. The summed E-state index contributed by atoms with van der Waals surface area (Å²) < 4.78 is 11.7. The molecule has 3 aromatic carbocycles. The molecule has 2 amide bonds. The molecule has 9 heteroatoms. The second-order valence-electron chi connectivity index (χ2n) is 7.71. The molecule has 1 fully saturated rings. The molecule has 0 aromatic heterocycles. The number of amides is 2. The maximum atomic E-state index is 12.9. The van der Waals surface area contributed by atoms with E-state index in [1.165, 1.54) is 4.90 Å². The zero-order chi connectivity index (χ0) is 25.7. The van der Waals surface area contributed by atoms with Crippen LogP contribution in [0.4, 0.5) is 4.79 Å². The predicted molar refractivity (Wildman–Crippen MR) is 141 cm³/mol. The van der Waals surface area contributed by atoms with Crippen LogP contribution in [0, 0.1) is 11.3 Å². The van der Waals surface area contributed by atoms with Gasteiger partial charge in [-0.1, -0.05) is 53.5 Å². The Labute approximate surface area is 223 Å². The smallest absolute Gasteiger partial charge is 0.293 e. The summed E-state index contributed by atoms with van der Waals surface area (Å²) in [7, 11) is 0. The first-order valence-electron chi connectivity index (χ1n) is 11.0. The lowest BCUT2D eigenvalue weighted by molar-refractivity contribution is -0.123. The largest absolute Gasteiger partial charge is 0.490 e. The average molecular weight is 539 g/mol. The number of halogens is 2. The van der Waals surface area contributed by atoms with Gasteiger partial charge >= 0.3 is 0 Å². The number of carbonyl (C=O) groups is 2. The van der Waals surface area contributed by atoms with Crippen molar-refractivity contribution in [3.8, 4) is 17.6 Å². The number of benzene rings is 3. The second kappa shape index (κ2) is 11.5. The molecule has 36 heavy (non-hydrogen) atoms. The van der Waals surface area contributed by atoms with E-state index in [4.69, 9.17) is 32.7 Å². The Morgan fingerprint density at radius 1 is 1.00 bits per heavy atom. The maximum absolute atomic E-state index is 12.9. The minimum absolute atomic E-state index is 0.0973. The number of imide groups is 1. The third-order valence-corrected chi connectivity index (χ3v) is 6.93. The molecule has 1 heterocycles. The molecule has 0 spiro atoms. The van der Waals surface area contributed by atoms with E-state index in [2.05, 4.69) is 6.07 Å². The first-order valence-corrected chi connectivity index (χ1v) is 12.5. The molecule has 6 nitrogen and oxygen atoms in total. The minimum atomic E-state index is -0.387. The number of ether oxygens (including phenoxy) is 2. The summed E-state index contributed by atoms with van der Waals surface area (Å²) in [5.74, 6) is 0.618. The molecule has 182 valence electrons. The van der Waals surface area contributed by atoms with Gasteiger partial charge in [0.05, 0.1) is 39.7 Å². The van der Waals surface area contributed by atoms with Crippen LogP contribution in [0.25, 0.3) is 6.08 Å². The second-order valence-corrected chi connectivity index (χ2v) is 9.52. The first-order chi connectivity index (χ1) is 17.4. The number of carbonyl (C=O) groups excluding carboxylic acids is 2. The Balaban J connectivity index is 1.52. The van der Waals surface area contributed by atoms with Crippen LogP contribution in [0.5, 0.6) is 11.5 Å². The third-order valence-electron chi connectivity index (χ3n) is 5.28. The highest BCUT2D eigenvalue weighted by molar-refractivity contribution is 8.18. The van der Waals surface area contributed by atoms with Crippen molar-refractivity contribution < 1.29 is 19.1 Å². The van der Waals surface area contributed by atoms with Gasteiger partial charge in [0.1, 0.15) is 6.61 Å². The fourth-order valence-electron chi connectivity index (χ4n) is 3.52. The summed E-state index contributed by atoms with van der Waals surface area (Å²) in [4.78, 5) is 27.0. The van der Waals surface area contributed by atoms with Gasteiger partial charge in [-0.2, -0.15) is 5.26 Å². The molecule has 0 saturated carbocycles. The summed E-state index contributed by atoms with van der Waals surface area (Å²) >= 11 is 12.9. The molecular weight excluding hydrogens is 519 g/mol. The van der Waals surface area contributed by atoms with Gasteiger partial charge in [-0.05, 0) is 66.2 Å². The van der Waals surface area contributed by atoms with Crippen LogP contribution in [0.15, 0.2) is 65.6 Å². The number of hydrogen-bond acceptors (Lipinski definition) is 6. The molecule has 0 bridgehead atoms. The van der Waals surface area contributed by atoms with Gasteiger partial charge in [-0.15, -0.1) is 0 Å². The van der Waals surface area contributed by atoms with Crippen molar-refractivity contribution in [1.82, 2.24) is 4.90 Å². The molecule has 0 N–H and O–H groups in total. The van der Waals surface area contributed by atoms with E-state index in [0.29, 0.717) is 49.7 Å². The van der Waals surface area contributed by atoms with E-state index in [1.807, 2.05) is 19.1 Å². The van der Waals surface area contributed by atoms with Gasteiger partial charge in [0.25, 0.3) is 11.1 Å². The predicted octanol–water partition coefficient (Wildman–Crippen LogP) is 7.08. The first kappa shape index (κ1) is 25.6. The molecule has 1 saturated heterocycles. The van der Waals surface area contributed by atoms with Crippen molar-refractivity contribution in [2.75, 3.05) is 6.61 Å². The molecule has 1 aliphatic heterocycles. The monoisotopic (exact) mass is 538 g/mol. The molecule has 0 radical (unpaired) electrons. The summed E-state index contributed by atoms with van der Waals surface area (Å²) in [5.41, 5.74) is 2.69. The molecule has 0 atom stereocenters. The van der Waals surface area contributed by atoms with Gasteiger partial charge in [-0.25, -0.2) is 0 Å². The Bertz CT molecular complexity index is 1400. The fourth-order valence-corrected chi connectivity index (χ4v) is 4.68. The summed E-state index contributed by atoms with van der Waals surface area (Å²) in [6.45, 7) is 2.57. The highest BCUT2D eigenvalue weighted by Crippen LogP contribution is 2.36. The summed E-state index contributed by atoms with van der Waals surface area (Å²) in [5, 5.41) is 9.69. The van der Waals surface area contributed by atoms with Gasteiger partial charge < -0.3 is 9.47 Å². The fraction of sp³-hybridized carbons (Fsp3) is 0.148. The molecular formula is C27H20Cl2N2O4S. The molecule has 0 aliphatic carbocycles. The van der Waals surface area contributed by atoms with Crippen molar-refractivity contribution in [1.29, 1.82) is 5.26 Å². The number of nitriles is 1. The number of thioether (sulfide) groups is 1. The lowest BCUT2D eigenvalue weighted by atomic mass is 10.1. The van der Waals surface area contributed by atoms with E-state index in [0.717, 1.165) is 17.3 Å². The lowest BCUT2D eigenvalue weighted by Crippen LogP contribution is -2.27. The van der Waals surface area contributed by atoms with E-state index in [9.17, 15) is 14.9 Å². The standard InChI is InChI=1S/C27H20Cl2N2O4S/c1-2-34-24-12-17(8-10-23(24)35-16-20-6-4-3-5-19(20)14-30)13-25-26(32)31(27(33)36-25)15-18-7-9-21(28)22(29)11-18/h3-13H,2,15-16H2,1H3/b25-13+. The highest BCUT2D eigenvalue weighted by Gasteiger charge is 2.35. The van der Waals surface area contributed by atoms with E-state index >= 15 is 0 Å². The van der Waals surface area contributed by atoms with Crippen molar-refractivity contribution >= 4 is 52.2 Å². The summed E-state index contributed by atoms with van der Waals surface area (Å²) in [6, 6.07) is 19.6. The number of rotatable bonds is 8. The third kappa shape index (κ3) is 5.85. The lowest BCUT2D eigenvalue weighted by Gasteiger charge is -2.14. The number of hydrogen-bond donors (Lipinski definition) is 0. The Morgan fingerprint density at radius 2 is 1.81 bits per heavy atom. The van der Waals surface area contributed by atoms with Crippen molar-refractivity contribution in [2.24, 2.45) is 0 Å². The summed E-state index contributed by atoms with van der Waals surface area (Å²) in [6.07, 6.45) is 1.65. The van der Waals surface area contributed by atoms with Crippen LogP contribution in [0.2, 0.25) is 10.0 Å². The van der Waals surface area contributed by atoms with E-state index < -0.39 is 0 Å². The molecule has 4 rings (SSSR count). The van der Waals surface area contributed by atoms with E-state index in [-0.39, 0.29) is 24.3 Å². The van der Waals surface area contributed by atoms with Gasteiger partial charge in [-0.3, -0.25) is 14.5 Å². The number of nitrogens with zero attached hydrogens (tertiary/aromatic N) is 2. The topological polar surface area (TPSA) is 79.6 Å². The molecule has 3 aromatic rings. The SMILES string of the molecule is CCOc1cc(/C=C2/SC(=O)N(Cc3ccc(Cl)c(Cl)c3)C2=O)ccc1OCc1ccccc1C#N. The maximum Gasteiger partial charge on any atom is 0.293 e. The molecule has 1 aliphatic rings. The van der Waals surface area contributed by atoms with Gasteiger partial charge in [0, 0.05) is 5.56 Å². The Morgan fingerprint density at radius 3 is 2.56 bits per heavy atom. The van der Waals surface area contributed by atoms with Crippen LogP contribution in [-0.4, -0.2) is 22.7 Å². The molecule has 0 unspecified atom stereocenters. The highest BCUT2D eigenvalue weighted by atomic mass is 35.5. The van der Waals surface area contributed by atoms with Gasteiger partial charge in [0.2, 0.25) is 0 Å². The average Bonchev–Trinajstić information content (AvgIpc) is 3.13. The Hall–Kier alpha value is -3.44. The zero-order valence-corrected chi connectivity index (χ0v) is 21.5. The Kier molecular flexibility index (Phi) is 8.21. The van der Waals surface area contributed by atoms with Crippen LogP contribution in [0.1, 0.15) is 29.2 Å². The van der Waals surface area contributed by atoms with Crippen LogP contribution in [-0.2, 0) is 17.9 Å². The van der Waals surface area contributed by atoms with Crippen LogP contribution >= 0.6 is 35.0 Å². The van der Waals surface area contributed by atoms with Crippen molar-refractivity contribution in [2.45, 2.75) is 20.1 Å². The normalized spacial score (nSPS) is 14.3. The van der Waals surface area contributed by atoms with E-state index in [1.54, 1.807) is 54.6 Å². The minimum Gasteiger partial charge on any atom is -0.490 e. The zero-order valence-electron chi connectivity index (χ0n) is 19.2. The van der Waals surface area contributed by atoms with Crippen molar-refractivity contribution in [3.63, 3.8) is 0 Å². The van der Waals surface area contributed by atoms with Crippen LogP contribution in [0.3, 0.4) is 0 Å². The van der Waals surface area contributed by atoms with Gasteiger partial charge in [0.15, 0.2) is 11.5 Å². The van der Waals surface area contributed by atoms with Crippen LogP contribution < -0.4 is 9.47 Å². The van der Waals surface area contributed by atoms with Crippen molar-refractivity contribution in [3.05, 3.63) is 97.9 Å².